The van der Waals surface area contributed by atoms with Crippen LogP contribution in [0.1, 0.15) is 11.1 Å². The number of methoxy groups -OCH3 is 1. The Morgan fingerprint density at radius 2 is 1.86 bits per heavy atom. The molecular weight excluding hydrogens is 176 g/mol. The van der Waals surface area contributed by atoms with Crippen LogP contribution in [0.4, 0.5) is 0 Å². The highest BCUT2D eigenvalue weighted by atomic mass is 16.5. The standard InChI is InChI=1S/C11H18N2O/c1-14-9-11-4-2-10(3-5-11)8-13-7-6-12/h2-5,13H,6-9,12H2,1H3. The molecule has 3 N–H and O–H groups in total. The predicted octanol–water partition coefficient (Wildman–Crippen LogP) is 0.881. The number of benzene rings is 1. The number of nitrogens with one attached hydrogen (secondary N) is 1. The summed E-state index contributed by atoms with van der Waals surface area (Å²) < 4.78 is 5.03. The van der Waals surface area contributed by atoms with Crippen molar-refractivity contribution in [1.82, 2.24) is 5.32 Å². The average molecular weight is 194 g/mol. The van der Waals surface area contributed by atoms with Crippen molar-refractivity contribution in [2.75, 3.05) is 20.2 Å². The summed E-state index contributed by atoms with van der Waals surface area (Å²) in [5.74, 6) is 0. The first-order valence-electron chi connectivity index (χ1n) is 4.84. The molecule has 0 spiro atoms. The zero-order valence-corrected chi connectivity index (χ0v) is 8.62. The van der Waals surface area contributed by atoms with Gasteiger partial charge in [0.05, 0.1) is 6.61 Å². The van der Waals surface area contributed by atoms with Gasteiger partial charge in [-0.25, -0.2) is 0 Å². The van der Waals surface area contributed by atoms with Crippen molar-refractivity contribution in [2.24, 2.45) is 5.73 Å². The molecule has 0 aromatic heterocycles. The Balaban J connectivity index is 2.38. The van der Waals surface area contributed by atoms with Gasteiger partial charge in [0.1, 0.15) is 0 Å². The van der Waals surface area contributed by atoms with Crippen LogP contribution in [0.15, 0.2) is 24.3 Å². The molecule has 0 radical (unpaired) electrons. The van der Waals surface area contributed by atoms with Crippen molar-refractivity contribution in [3.63, 3.8) is 0 Å². The molecule has 0 heterocycles. The van der Waals surface area contributed by atoms with Crippen LogP contribution in [0.5, 0.6) is 0 Å². The maximum atomic E-state index is 5.38. The molecule has 1 aromatic rings. The Morgan fingerprint density at radius 1 is 1.21 bits per heavy atom. The van der Waals surface area contributed by atoms with E-state index in [1.165, 1.54) is 11.1 Å². The van der Waals surface area contributed by atoms with Gasteiger partial charge < -0.3 is 15.8 Å². The smallest absolute Gasteiger partial charge is 0.0713 e. The highest BCUT2D eigenvalue weighted by Gasteiger charge is 1.93. The second kappa shape index (κ2) is 6.54. The van der Waals surface area contributed by atoms with Crippen LogP contribution < -0.4 is 11.1 Å². The molecule has 0 amide bonds. The lowest BCUT2D eigenvalue weighted by Crippen LogP contribution is -2.21. The van der Waals surface area contributed by atoms with Gasteiger partial charge in [0.25, 0.3) is 0 Å². The topological polar surface area (TPSA) is 47.3 Å². The van der Waals surface area contributed by atoms with E-state index >= 15 is 0 Å². The first-order valence-corrected chi connectivity index (χ1v) is 4.84. The minimum absolute atomic E-state index is 0.677. The van der Waals surface area contributed by atoms with E-state index in [0.717, 1.165) is 13.1 Å². The average Bonchev–Trinajstić information content (AvgIpc) is 2.21. The fourth-order valence-electron chi connectivity index (χ4n) is 1.25. The molecule has 1 aromatic carbocycles. The van der Waals surface area contributed by atoms with Crippen LogP contribution in [-0.4, -0.2) is 20.2 Å². The lowest BCUT2D eigenvalue weighted by Gasteiger charge is -2.04. The Bertz CT molecular complexity index is 246. The predicted molar refractivity (Wildman–Crippen MR) is 57.9 cm³/mol. The Labute approximate surface area is 85.3 Å². The van der Waals surface area contributed by atoms with E-state index in [2.05, 4.69) is 29.6 Å². The van der Waals surface area contributed by atoms with E-state index in [1.807, 2.05) is 0 Å². The van der Waals surface area contributed by atoms with Gasteiger partial charge in [-0.05, 0) is 11.1 Å². The van der Waals surface area contributed by atoms with E-state index in [0.29, 0.717) is 13.2 Å². The number of hydrogen-bond donors (Lipinski definition) is 2. The molecule has 1 rings (SSSR count). The lowest BCUT2D eigenvalue weighted by atomic mass is 10.1. The van der Waals surface area contributed by atoms with E-state index < -0.39 is 0 Å². The number of ether oxygens (including phenoxy) is 1. The van der Waals surface area contributed by atoms with Crippen molar-refractivity contribution in [2.45, 2.75) is 13.2 Å². The maximum absolute atomic E-state index is 5.38. The molecule has 0 bridgehead atoms. The Hall–Kier alpha value is -0.900. The van der Waals surface area contributed by atoms with Gasteiger partial charge in [-0.3, -0.25) is 0 Å². The van der Waals surface area contributed by atoms with Crippen LogP contribution in [0.2, 0.25) is 0 Å². The zero-order chi connectivity index (χ0) is 10.2. The quantitative estimate of drug-likeness (QED) is 0.661. The molecule has 14 heavy (non-hydrogen) atoms. The third kappa shape index (κ3) is 3.87. The van der Waals surface area contributed by atoms with Gasteiger partial charge >= 0.3 is 0 Å². The molecule has 78 valence electrons. The third-order valence-electron chi connectivity index (χ3n) is 1.98. The lowest BCUT2D eigenvalue weighted by molar-refractivity contribution is 0.185. The first kappa shape index (κ1) is 11.2. The minimum Gasteiger partial charge on any atom is -0.380 e. The first-order chi connectivity index (χ1) is 6.86. The number of nitrogens with two attached hydrogens (primary N) is 1. The Kier molecular flexibility index (Phi) is 5.22. The summed E-state index contributed by atoms with van der Waals surface area (Å²) in [4.78, 5) is 0. The molecule has 0 atom stereocenters. The van der Waals surface area contributed by atoms with Crippen LogP contribution in [0.25, 0.3) is 0 Å². The van der Waals surface area contributed by atoms with Crippen molar-refractivity contribution in [3.8, 4) is 0 Å². The summed E-state index contributed by atoms with van der Waals surface area (Å²) in [6.07, 6.45) is 0. The van der Waals surface area contributed by atoms with Gasteiger partial charge in [-0.1, -0.05) is 24.3 Å². The number of hydrogen-bond acceptors (Lipinski definition) is 3. The molecule has 0 aliphatic carbocycles. The van der Waals surface area contributed by atoms with Crippen molar-refractivity contribution >= 4 is 0 Å². The molecule has 0 aliphatic heterocycles. The number of rotatable bonds is 6. The monoisotopic (exact) mass is 194 g/mol. The van der Waals surface area contributed by atoms with Gasteiger partial charge in [0.15, 0.2) is 0 Å². The van der Waals surface area contributed by atoms with E-state index in [4.69, 9.17) is 10.5 Å². The van der Waals surface area contributed by atoms with Gasteiger partial charge in [-0.2, -0.15) is 0 Å². The van der Waals surface area contributed by atoms with Crippen LogP contribution in [-0.2, 0) is 17.9 Å². The maximum Gasteiger partial charge on any atom is 0.0713 e. The molecule has 0 saturated carbocycles. The molecule has 0 unspecified atom stereocenters. The van der Waals surface area contributed by atoms with Gasteiger partial charge in [-0.15, -0.1) is 0 Å². The molecule has 3 nitrogen and oxygen atoms in total. The van der Waals surface area contributed by atoms with Crippen molar-refractivity contribution < 1.29 is 4.74 Å². The van der Waals surface area contributed by atoms with Crippen molar-refractivity contribution in [3.05, 3.63) is 35.4 Å². The molecule has 3 heteroatoms. The Morgan fingerprint density at radius 3 is 2.43 bits per heavy atom. The van der Waals surface area contributed by atoms with Gasteiger partial charge in [0.2, 0.25) is 0 Å². The molecule has 0 fully saturated rings. The normalized spacial score (nSPS) is 10.4. The summed E-state index contributed by atoms with van der Waals surface area (Å²) in [7, 11) is 1.71. The van der Waals surface area contributed by atoms with Crippen LogP contribution in [0.3, 0.4) is 0 Å². The fraction of sp³-hybridized carbons (Fsp3) is 0.455. The molecular formula is C11H18N2O. The van der Waals surface area contributed by atoms with E-state index in [9.17, 15) is 0 Å². The third-order valence-corrected chi connectivity index (χ3v) is 1.98. The second-order valence-corrected chi connectivity index (χ2v) is 3.21. The summed E-state index contributed by atoms with van der Waals surface area (Å²) in [5, 5.41) is 3.25. The summed E-state index contributed by atoms with van der Waals surface area (Å²) in [6.45, 7) is 3.10. The van der Waals surface area contributed by atoms with Crippen LogP contribution >= 0.6 is 0 Å². The largest absolute Gasteiger partial charge is 0.380 e. The minimum atomic E-state index is 0.677. The van der Waals surface area contributed by atoms with Crippen LogP contribution in [0, 0.1) is 0 Å². The fourth-order valence-corrected chi connectivity index (χ4v) is 1.25. The summed E-state index contributed by atoms with van der Waals surface area (Å²) in [5.41, 5.74) is 7.86. The van der Waals surface area contributed by atoms with E-state index in [-0.39, 0.29) is 0 Å². The highest BCUT2D eigenvalue weighted by Crippen LogP contribution is 2.04. The van der Waals surface area contributed by atoms with Gasteiger partial charge in [0, 0.05) is 26.7 Å². The summed E-state index contributed by atoms with van der Waals surface area (Å²) >= 11 is 0. The summed E-state index contributed by atoms with van der Waals surface area (Å²) in [6, 6.07) is 8.39. The zero-order valence-electron chi connectivity index (χ0n) is 8.62. The SMILES string of the molecule is COCc1ccc(CNCCN)cc1. The molecule has 0 saturated heterocycles. The molecule has 0 aliphatic rings. The highest BCUT2D eigenvalue weighted by molar-refractivity contribution is 5.21. The van der Waals surface area contributed by atoms with Crippen molar-refractivity contribution in [1.29, 1.82) is 0 Å². The second-order valence-electron chi connectivity index (χ2n) is 3.21. The van der Waals surface area contributed by atoms with E-state index in [1.54, 1.807) is 7.11 Å².